The maximum Gasteiger partial charge on any atom is 0.133 e. The molecule has 0 unspecified atom stereocenters. The number of furan rings is 1. The van der Waals surface area contributed by atoms with E-state index in [1.54, 1.807) is 6.26 Å². The average molecular weight is 407 g/mol. The van der Waals surface area contributed by atoms with Crippen molar-refractivity contribution in [2.45, 2.75) is 18.3 Å². The first-order chi connectivity index (χ1) is 15.3. The molecule has 1 atom stereocenters. The van der Waals surface area contributed by atoms with Crippen molar-refractivity contribution in [2.24, 2.45) is 5.92 Å². The average Bonchev–Trinajstić information content (AvgIpc) is 3.50. The molecule has 1 aliphatic rings. The van der Waals surface area contributed by atoms with Gasteiger partial charge in [0.05, 0.1) is 12.3 Å². The van der Waals surface area contributed by atoms with Crippen LogP contribution in [0.4, 0.5) is 0 Å². The van der Waals surface area contributed by atoms with Gasteiger partial charge >= 0.3 is 0 Å². The second kappa shape index (κ2) is 8.41. The van der Waals surface area contributed by atoms with E-state index in [2.05, 4.69) is 53.4 Å². The molecule has 5 rings (SSSR count). The molecule has 0 radical (unpaired) electrons. The van der Waals surface area contributed by atoms with Crippen LogP contribution < -0.4 is 0 Å². The summed E-state index contributed by atoms with van der Waals surface area (Å²) in [5.74, 6) is 0.263. The van der Waals surface area contributed by atoms with Crippen molar-refractivity contribution in [3.63, 3.8) is 0 Å². The smallest absolute Gasteiger partial charge is 0.133 e. The minimum Gasteiger partial charge on any atom is -0.464 e. The van der Waals surface area contributed by atoms with Crippen LogP contribution >= 0.6 is 0 Å². The minimum absolute atomic E-state index is 0.263. The quantitative estimate of drug-likeness (QED) is 0.406. The van der Waals surface area contributed by atoms with Gasteiger partial charge < -0.3 is 9.32 Å². The summed E-state index contributed by atoms with van der Waals surface area (Å²) in [4.78, 5) is 2.52. The van der Waals surface area contributed by atoms with Crippen LogP contribution in [0.3, 0.4) is 0 Å². The van der Waals surface area contributed by atoms with Gasteiger partial charge in [-0.3, -0.25) is 0 Å². The van der Waals surface area contributed by atoms with Gasteiger partial charge in [-0.2, -0.15) is 5.26 Å². The number of hydrogen-bond donors (Lipinski definition) is 0. The molecular weight excluding hydrogens is 380 g/mol. The zero-order valence-electron chi connectivity index (χ0n) is 17.6. The molecule has 0 bridgehead atoms. The molecule has 1 aromatic heterocycles. The van der Waals surface area contributed by atoms with Crippen molar-refractivity contribution in [3.05, 3.63) is 108 Å². The van der Waals surface area contributed by atoms with E-state index in [4.69, 9.17) is 4.42 Å². The molecule has 1 fully saturated rings. The summed E-state index contributed by atoms with van der Waals surface area (Å²) in [6, 6.07) is 31.9. The van der Waals surface area contributed by atoms with E-state index in [1.807, 2.05) is 42.5 Å². The molecule has 1 aliphatic heterocycles. The van der Waals surface area contributed by atoms with Crippen molar-refractivity contribution in [1.82, 2.24) is 4.90 Å². The Morgan fingerprint density at radius 2 is 1.65 bits per heavy atom. The summed E-state index contributed by atoms with van der Waals surface area (Å²) < 4.78 is 5.46. The lowest BCUT2D eigenvalue weighted by Crippen LogP contribution is -2.37. The van der Waals surface area contributed by atoms with E-state index in [9.17, 15) is 5.26 Å². The summed E-state index contributed by atoms with van der Waals surface area (Å²) >= 11 is 0. The Morgan fingerprint density at radius 3 is 2.32 bits per heavy atom. The number of likely N-dealkylation sites (tertiary alicyclic amines) is 1. The number of benzene rings is 3. The number of rotatable bonds is 6. The highest BCUT2D eigenvalue weighted by molar-refractivity contribution is 5.77. The predicted molar refractivity (Wildman–Crippen MR) is 124 cm³/mol. The number of hydrogen-bond acceptors (Lipinski definition) is 3. The van der Waals surface area contributed by atoms with Crippen molar-refractivity contribution in [2.75, 3.05) is 19.6 Å². The van der Waals surface area contributed by atoms with Gasteiger partial charge in [0.25, 0.3) is 0 Å². The first kappa shape index (κ1) is 19.6. The molecule has 154 valence electrons. The summed E-state index contributed by atoms with van der Waals surface area (Å²) in [6.07, 6.45) is 3.77. The lowest BCUT2D eigenvalue weighted by Gasteiger charge is -2.34. The van der Waals surface area contributed by atoms with Crippen LogP contribution in [0, 0.1) is 17.2 Å². The highest BCUT2D eigenvalue weighted by Crippen LogP contribution is 2.43. The third-order valence-electron chi connectivity index (χ3n) is 6.75. The van der Waals surface area contributed by atoms with Crippen molar-refractivity contribution >= 4 is 11.0 Å². The molecular formula is C28H26N2O. The van der Waals surface area contributed by atoms with E-state index >= 15 is 0 Å². The van der Waals surface area contributed by atoms with Gasteiger partial charge in [0.2, 0.25) is 0 Å². The fraction of sp³-hybridized carbons (Fsp3) is 0.250. The summed E-state index contributed by atoms with van der Waals surface area (Å²) in [6.45, 7) is 2.97. The molecule has 0 aliphatic carbocycles. The van der Waals surface area contributed by atoms with E-state index in [0.717, 1.165) is 54.6 Å². The van der Waals surface area contributed by atoms with Crippen LogP contribution in [-0.4, -0.2) is 24.5 Å². The highest BCUT2D eigenvalue weighted by atomic mass is 16.3. The molecule has 2 heterocycles. The zero-order chi connectivity index (χ0) is 21.1. The fourth-order valence-corrected chi connectivity index (χ4v) is 5.11. The number of nitrogens with zero attached hydrogens (tertiary/aromatic N) is 2. The van der Waals surface area contributed by atoms with Crippen molar-refractivity contribution in [1.29, 1.82) is 5.26 Å². The van der Waals surface area contributed by atoms with Crippen LogP contribution in [-0.2, 0) is 11.8 Å². The van der Waals surface area contributed by atoms with Crippen LogP contribution in [0.5, 0.6) is 0 Å². The van der Waals surface area contributed by atoms with Crippen LogP contribution in [0.15, 0.2) is 95.6 Å². The Morgan fingerprint density at radius 1 is 0.935 bits per heavy atom. The van der Waals surface area contributed by atoms with Gasteiger partial charge in [-0.05, 0) is 60.2 Å². The molecule has 0 N–H and O–H groups in total. The molecule has 3 heteroatoms. The fourth-order valence-electron chi connectivity index (χ4n) is 5.11. The van der Waals surface area contributed by atoms with Gasteiger partial charge in [0, 0.05) is 18.5 Å². The third-order valence-corrected chi connectivity index (χ3v) is 6.75. The Balaban J connectivity index is 1.37. The van der Waals surface area contributed by atoms with Gasteiger partial charge in [-0.15, -0.1) is 0 Å². The van der Waals surface area contributed by atoms with E-state index < -0.39 is 5.41 Å². The second-order valence-corrected chi connectivity index (χ2v) is 8.48. The topological polar surface area (TPSA) is 40.2 Å². The number of fused-ring (bicyclic) bond motifs is 1. The number of nitriles is 1. The van der Waals surface area contributed by atoms with E-state index in [1.165, 1.54) is 5.56 Å². The Bertz CT molecular complexity index is 1150. The Kier molecular flexibility index (Phi) is 5.32. The first-order valence-corrected chi connectivity index (χ1v) is 11.0. The summed E-state index contributed by atoms with van der Waals surface area (Å²) in [5, 5.41) is 11.7. The zero-order valence-corrected chi connectivity index (χ0v) is 17.6. The van der Waals surface area contributed by atoms with Gasteiger partial charge in [0.15, 0.2) is 0 Å². The van der Waals surface area contributed by atoms with E-state index in [-0.39, 0.29) is 5.92 Å². The van der Waals surface area contributed by atoms with Gasteiger partial charge in [0.1, 0.15) is 11.0 Å². The third kappa shape index (κ3) is 3.65. The second-order valence-electron chi connectivity index (χ2n) is 8.48. The normalized spacial score (nSPS) is 17.1. The maximum absolute atomic E-state index is 10.5. The van der Waals surface area contributed by atoms with Crippen molar-refractivity contribution < 1.29 is 4.42 Å². The van der Waals surface area contributed by atoms with Crippen LogP contribution in [0.1, 0.15) is 23.1 Å². The summed E-state index contributed by atoms with van der Waals surface area (Å²) in [5.41, 5.74) is 3.85. The summed E-state index contributed by atoms with van der Waals surface area (Å²) in [7, 11) is 0. The predicted octanol–water partition coefficient (Wildman–Crippen LogP) is 5.81. The Hall–Kier alpha value is -3.35. The van der Waals surface area contributed by atoms with Gasteiger partial charge in [-0.25, -0.2) is 0 Å². The van der Waals surface area contributed by atoms with E-state index in [0.29, 0.717) is 0 Å². The lowest BCUT2D eigenvalue weighted by molar-refractivity contribution is 0.308. The molecule has 1 saturated heterocycles. The Labute approximate surface area is 183 Å². The lowest BCUT2D eigenvalue weighted by atomic mass is 9.66. The molecule has 0 amide bonds. The molecule has 0 spiro atoms. The minimum atomic E-state index is -0.618. The van der Waals surface area contributed by atoms with Crippen molar-refractivity contribution in [3.8, 4) is 6.07 Å². The first-order valence-electron chi connectivity index (χ1n) is 11.0. The molecule has 31 heavy (non-hydrogen) atoms. The molecule has 4 aromatic rings. The van der Waals surface area contributed by atoms with Crippen LogP contribution in [0.25, 0.3) is 11.0 Å². The molecule has 3 aromatic carbocycles. The molecule has 0 saturated carbocycles. The maximum atomic E-state index is 10.5. The van der Waals surface area contributed by atoms with Crippen LogP contribution in [0.2, 0.25) is 0 Å². The highest BCUT2D eigenvalue weighted by Gasteiger charge is 2.45. The largest absolute Gasteiger partial charge is 0.464 e. The monoisotopic (exact) mass is 406 g/mol. The molecule has 3 nitrogen and oxygen atoms in total. The SMILES string of the molecule is N#CC(c1ccccc1)(c1ccccc1)[C@@H]1CCN(CCc2ccc3occc3c2)C1. The van der Waals surface area contributed by atoms with Gasteiger partial charge in [-0.1, -0.05) is 66.7 Å². The standard InChI is InChI=1S/C28H26N2O/c29-21-28(24-7-3-1-4-8-24,25-9-5-2-6-10-25)26-14-17-30(20-26)16-13-22-11-12-27-23(19-22)15-18-31-27/h1-12,15,18-19,26H,13-14,16-17,20H2/t26-/m1/s1.